The average Bonchev–Trinajstić information content (AvgIpc) is 2.54. The third-order valence-electron chi connectivity index (χ3n) is 2.67. The minimum atomic E-state index is -0.675. The molecule has 0 radical (unpaired) electrons. The van der Waals surface area contributed by atoms with Crippen molar-refractivity contribution in [3.8, 4) is 17.6 Å². The fourth-order valence-corrected chi connectivity index (χ4v) is 1.60. The predicted molar refractivity (Wildman–Crippen MR) is 76.2 cm³/mol. The fraction of sp³-hybridized carbons (Fsp3) is 0.357. The van der Waals surface area contributed by atoms with Crippen molar-refractivity contribution in [1.82, 2.24) is 0 Å². The van der Waals surface area contributed by atoms with Gasteiger partial charge in [-0.2, -0.15) is 0 Å². The van der Waals surface area contributed by atoms with Crippen molar-refractivity contribution in [2.24, 2.45) is 0 Å². The van der Waals surface area contributed by atoms with Crippen LogP contribution in [0.25, 0.3) is 5.01 Å². The minimum absolute atomic E-state index is 0.0504. The molecule has 0 aromatic heterocycles. The van der Waals surface area contributed by atoms with Crippen LogP contribution in [0.1, 0.15) is 22.3 Å². The van der Waals surface area contributed by atoms with Gasteiger partial charge in [0, 0.05) is 5.01 Å². The summed E-state index contributed by atoms with van der Waals surface area (Å²) >= 11 is 0. The molecular weight excluding hydrogens is 294 g/mol. The molecule has 1 aromatic carbocycles. The predicted octanol–water partition coefficient (Wildman–Crippen LogP) is 1.60. The first-order chi connectivity index (χ1) is 10.6. The Morgan fingerprint density at radius 3 is 2.23 bits per heavy atom. The molecule has 0 saturated carbocycles. The highest BCUT2D eigenvalue weighted by molar-refractivity contribution is 5.91. The summed E-state index contributed by atoms with van der Waals surface area (Å²) in [6.45, 7) is -0.119. The maximum absolute atomic E-state index is 11.9. The molecule has 118 valence electrons. The van der Waals surface area contributed by atoms with Crippen molar-refractivity contribution >= 4 is 11.9 Å². The third-order valence-corrected chi connectivity index (χ3v) is 2.67. The molecule has 0 spiro atoms. The maximum Gasteiger partial charge on any atom is 0.344 e. The molecule has 0 heterocycles. The molecule has 8 nitrogen and oxygen atoms in total. The van der Waals surface area contributed by atoms with E-state index >= 15 is 0 Å². The number of benzene rings is 1. The summed E-state index contributed by atoms with van der Waals surface area (Å²) in [4.78, 5) is 22.9. The number of nitrogens with zero attached hydrogens (tertiary/aromatic N) is 1. The lowest BCUT2D eigenvalue weighted by molar-refractivity contribution is -0.141. The van der Waals surface area contributed by atoms with Crippen molar-refractivity contribution in [2.75, 3.05) is 27.9 Å². The van der Waals surface area contributed by atoms with Crippen molar-refractivity contribution in [3.05, 3.63) is 33.5 Å². The van der Waals surface area contributed by atoms with Gasteiger partial charge in [0.05, 0.1) is 33.3 Å². The molecule has 0 saturated heterocycles. The van der Waals surface area contributed by atoms with Gasteiger partial charge in [0.2, 0.25) is 0 Å². The Labute approximate surface area is 126 Å². The molecule has 0 amide bonds. The second-order valence-corrected chi connectivity index (χ2v) is 3.92. The Morgan fingerprint density at radius 1 is 1.18 bits per heavy atom. The summed E-state index contributed by atoms with van der Waals surface area (Å²) in [5, 5.41) is 12.9. The van der Waals surface area contributed by atoms with Crippen molar-refractivity contribution in [2.45, 2.75) is 6.42 Å². The number of carbonyl (C=O) groups is 2. The van der Waals surface area contributed by atoms with E-state index in [9.17, 15) is 14.8 Å². The Hall–Kier alpha value is -2.95. The topological polar surface area (TPSA) is 98.5 Å². The normalized spacial score (nSPS) is 9.23. The summed E-state index contributed by atoms with van der Waals surface area (Å²) < 4.78 is 19.5. The van der Waals surface area contributed by atoms with E-state index in [-0.39, 0.29) is 35.7 Å². The molecule has 0 N–H and O–H groups in total. The van der Waals surface area contributed by atoms with E-state index < -0.39 is 11.9 Å². The van der Waals surface area contributed by atoms with Crippen LogP contribution >= 0.6 is 0 Å². The highest BCUT2D eigenvalue weighted by Gasteiger charge is 2.19. The zero-order valence-electron chi connectivity index (χ0n) is 12.4. The number of hydrogen-bond donors (Lipinski definition) is 0. The summed E-state index contributed by atoms with van der Waals surface area (Å²) in [6.07, 6.45) is -0.0504. The summed E-state index contributed by atoms with van der Waals surface area (Å²) in [5.74, 6) is -0.802. The van der Waals surface area contributed by atoms with Crippen LogP contribution in [0.5, 0.6) is 11.5 Å². The number of carbonyl (C=O) groups excluding carboxylic acids is 2. The molecular formula is C14H15NO7. The van der Waals surface area contributed by atoms with Crippen molar-refractivity contribution < 1.29 is 28.5 Å². The lowest BCUT2D eigenvalue weighted by Gasteiger charge is -2.10. The van der Waals surface area contributed by atoms with Crippen LogP contribution < -0.4 is 9.47 Å². The number of ether oxygens (including phenoxy) is 4. The summed E-state index contributed by atoms with van der Waals surface area (Å²) in [5.41, 5.74) is 0.320. The minimum Gasteiger partial charge on any atom is -0.498 e. The SMILES string of the molecule is COC(=O)CCOC(=O)c1cc(OC)c(C#[N+][O-])c(OC)c1. The lowest BCUT2D eigenvalue weighted by atomic mass is 10.1. The molecule has 0 aliphatic rings. The second kappa shape index (κ2) is 8.36. The molecule has 1 rings (SSSR count). The van der Waals surface area contributed by atoms with E-state index in [1.807, 2.05) is 0 Å². The lowest BCUT2D eigenvalue weighted by Crippen LogP contribution is -2.11. The monoisotopic (exact) mass is 309 g/mol. The van der Waals surface area contributed by atoms with E-state index in [2.05, 4.69) is 15.8 Å². The van der Waals surface area contributed by atoms with Gasteiger partial charge < -0.3 is 24.2 Å². The third kappa shape index (κ3) is 4.28. The largest absolute Gasteiger partial charge is 0.498 e. The van der Waals surface area contributed by atoms with Crippen LogP contribution in [-0.2, 0) is 14.3 Å². The molecule has 0 bridgehead atoms. The van der Waals surface area contributed by atoms with Crippen LogP contribution in [0.3, 0.4) is 0 Å². The van der Waals surface area contributed by atoms with Gasteiger partial charge in [0.15, 0.2) is 5.56 Å². The van der Waals surface area contributed by atoms with Crippen LogP contribution in [0.2, 0.25) is 0 Å². The quantitative estimate of drug-likeness (QED) is 0.581. The standard InChI is InChI=1S/C14H15NO7/c1-19-11-6-9(7-12(20-2)10(11)8-15-18)14(17)22-5-4-13(16)21-3/h6-7H,4-5H2,1-3H3. The molecule has 0 aliphatic carbocycles. The van der Waals surface area contributed by atoms with E-state index in [1.165, 1.54) is 33.5 Å². The number of hydrogen-bond acceptors (Lipinski definition) is 7. The average molecular weight is 309 g/mol. The van der Waals surface area contributed by atoms with E-state index in [4.69, 9.17) is 14.2 Å². The van der Waals surface area contributed by atoms with E-state index in [0.29, 0.717) is 0 Å². The van der Waals surface area contributed by atoms with Gasteiger partial charge in [-0.1, -0.05) is 0 Å². The van der Waals surface area contributed by atoms with Crippen LogP contribution in [0, 0.1) is 11.3 Å². The Bertz CT molecular complexity index is 590. The second-order valence-electron chi connectivity index (χ2n) is 3.92. The zero-order chi connectivity index (χ0) is 16.5. The molecule has 8 heteroatoms. The van der Waals surface area contributed by atoms with Gasteiger partial charge in [0.1, 0.15) is 18.1 Å². The number of methoxy groups -OCH3 is 3. The van der Waals surface area contributed by atoms with Gasteiger partial charge in [-0.15, -0.1) is 0 Å². The highest BCUT2D eigenvalue weighted by Crippen LogP contribution is 2.30. The first-order valence-electron chi connectivity index (χ1n) is 6.15. The molecule has 0 aliphatic heterocycles. The van der Waals surface area contributed by atoms with E-state index in [0.717, 1.165) is 0 Å². The van der Waals surface area contributed by atoms with Gasteiger partial charge in [-0.3, -0.25) is 4.79 Å². The maximum atomic E-state index is 11.9. The van der Waals surface area contributed by atoms with Crippen molar-refractivity contribution in [3.63, 3.8) is 0 Å². The molecule has 1 aromatic rings. The molecule has 0 unspecified atom stereocenters. The zero-order valence-corrected chi connectivity index (χ0v) is 12.4. The molecule has 22 heavy (non-hydrogen) atoms. The molecule has 0 fully saturated rings. The number of rotatable bonds is 6. The van der Waals surface area contributed by atoms with Gasteiger partial charge in [-0.25, -0.2) is 4.79 Å². The van der Waals surface area contributed by atoms with Gasteiger partial charge in [-0.05, 0) is 12.1 Å². The summed E-state index contributed by atoms with van der Waals surface area (Å²) in [7, 11) is 3.96. The number of esters is 2. The fourth-order valence-electron chi connectivity index (χ4n) is 1.60. The van der Waals surface area contributed by atoms with Crippen LogP contribution in [0.4, 0.5) is 0 Å². The summed E-state index contributed by atoms with van der Waals surface area (Å²) in [6, 6.07) is 4.90. The van der Waals surface area contributed by atoms with Crippen LogP contribution in [-0.4, -0.2) is 39.9 Å². The van der Waals surface area contributed by atoms with Gasteiger partial charge in [0.25, 0.3) is 0 Å². The Morgan fingerprint density at radius 2 is 1.77 bits per heavy atom. The van der Waals surface area contributed by atoms with Crippen molar-refractivity contribution in [1.29, 1.82) is 0 Å². The molecule has 0 atom stereocenters. The van der Waals surface area contributed by atoms with E-state index in [1.54, 1.807) is 0 Å². The first-order valence-corrected chi connectivity index (χ1v) is 6.15. The van der Waals surface area contributed by atoms with Gasteiger partial charge >= 0.3 is 18.0 Å². The Kier molecular flexibility index (Phi) is 6.50. The smallest absolute Gasteiger partial charge is 0.344 e. The highest BCUT2D eigenvalue weighted by atomic mass is 16.5. The van der Waals surface area contributed by atoms with Crippen LogP contribution in [0.15, 0.2) is 12.1 Å². The Balaban J connectivity index is 2.97. The first kappa shape index (κ1) is 17.1.